The van der Waals surface area contributed by atoms with Crippen molar-refractivity contribution in [3.8, 4) is 0 Å². The van der Waals surface area contributed by atoms with Crippen LogP contribution in [0.3, 0.4) is 0 Å². The maximum absolute atomic E-state index is 11.9. The third-order valence-electron chi connectivity index (χ3n) is 4.03. The van der Waals surface area contributed by atoms with Gasteiger partial charge in [0, 0.05) is 24.6 Å². The van der Waals surface area contributed by atoms with Crippen molar-refractivity contribution < 1.29 is 9.59 Å². The first-order valence-electron chi connectivity index (χ1n) is 6.97. The molecule has 20 heavy (non-hydrogen) atoms. The number of benzene rings is 1. The zero-order valence-corrected chi connectivity index (χ0v) is 12.1. The molecular formula is C15H17ClN2O2. The van der Waals surface area contributed by atoms with Gasteiger partial charge >= 0.3 is 0 Å². The number of hydrogen-bond donors (Lipinski definition) is 1. The molecule has 2 fully saturated rings. The Balaban J connectivity index is 1.74. The number of amides is 2. The van der Waals surface area contributed by atoms with Crippen LogP contribution in [0.25, 0.3) is 0 Å². The van der Waals surface area contributed by atoms with E-state index in [1.165, 1.54) is 0 Å². The summed E-state index contributed by atoms with van der Waals surface area (Å²) in [6, 6.07) is 5.32. The molecule has 1 aromatic carbocycles. The molecule has 1 saturated carbocycles. The molecule has 0 spiro atoms. The molecule has 4 nitrogen and oxygen atoms in total. The van der Waals surface area contributed by atoms with Gasteiger partial charge in [-0.05, 0) is 37.0 Å². The molecule has 2 unspecified atom stereocenters. The van der Waals surface area contributed by atoms with Crippen molar-refractivity contribution in [3.05, 3.63) is 23.2 Å². The third-order valence-corrected chi connectivity index (χ3v) is 4.33. The molecular weight excluding hydrogens is 276 g/mol. The molecule has 0 radical (unpaired) electrons. The summed E-state index contributed by atoms with van der Waals surface area (Å²) in [6.07, 6.45) is 2.40. The Bertz CT molecular complexity index is 573. The Hall–Kier alpha value is -1.55. The van der Waals surface area contributed by atoms with Crippen LogP contribution in [-0.4, -0.2) is 18.4 Å². The lowest BCUT2D eigenvalue weighted by Crippen LogP contribution is -2.24. The zero-order valence-electron chi connectivity index (χ0n) is 11.4. The molecule has 1 aliphatic carbocycles. The molecule has 0 aromatic heterocycles. The summed E-state index contributed by atoms with van der Waals surface area (Å²) >= 11 is 6.24. The Morgan fingerprint density at radius 1 is 1.45 bits per heavy atom. The van der Waals surface area contributed by atoms with Gasteiger partial charge in [0.2, 0.25) is 11.8 Å². The summed E-state index contributed by atoms with van der Waals surface area (Å²) in [5, 5.41) is 3.38. The highest BCUT2D eigenvalue weighted by atomic mass is 35.5. The molecule has 0 bridgehead atoms. The maximum Gasteiger partial charge on any atom is 0.227 e. The second kappa shape index (κ2) is 5.09. The van der Waals surface area contributed by atoms with Gasteiger partial charge in [0.1, 0.15) is 0 Å². The van der Waals surface area contributed by atoms with Crippen LogP contribution in [0, 0.1) is 11.8 Å². The summed E-state index contributed by atoms with van der Waals surface area (Å²) in [5.74, 6) is 0.773. The SMILES string of the molecule is CC1CC1C(=O)Nc1ccc(N2CCCC2=O)c(Cl)c1. The van der Waals surface area contributed by atoms with Crippen molar-refractivity contribution >= 4 is 34.8 Å². The molecule has 2 amide bonds. The summed E-state index contributed by atoms with van der Waals surface area (Å²) in [4.78, 5) is 25.3. The first-order valence-corrected chi connectivity index (χ1v) is 7.35. The molecule has 3 rings (SSSR count). The van der Waals surface area contributed by atoms with E-state index in [-0.39, 0.29) is 17.7 Å². The van der Waals surface area contributed by atoms with E-state index < -0.39 is 0 Å². The van der Waals surface area contributed by atoms with E-state index in [2.05, 4.69) is 12.2 Å². The average molecular weight is 293 g/mol. The van der Waals surface area contributed by atoms with Gasteiger partial charge in [0.25, 0.3) is 0 Å². The van der Waals surface area contributed by atoms with Gasteiger partial charge in [-0.2, -0.15) is 0 Å². The number of nitrogens with one attached hydrogen (secondary N) is 1. The van der Waals surface area contributed by atoms with Crippen LogP contribution in [0.4, 0.5) is 11.4 Å². The number of nitrogens with zero attached hydrogens (tertiary/aromatic N) is 1. The van der Waals surface area contributed by atoms with E-state index in [9.17, 15) is 9.59 Å². The van der Waals surface area contributed by atoms with Crippen LogP contribution >= 0.6 is 11.6 Å². The highest BCUT2D eigenvalue weighted by Gasteiger charge is 2.39. The van der Waals surface area contributed by atoms with Crippen molar-refractivity contribution in [1.29, 1.82) is 0 Å². The number of halogens is 1. The van der Waals surface area contributed by atoms with Crippen LogP contribution < -0.4 is 10.2 Å². The number of carbonyl (C=O) groups is 2. The van der Waals surface area contributed by atoms with Crippen LogP contribution in [0.5, 0.6) is 0 Å². The van der Waals surface area contributed by atoms with Crippen LogP contribution in [0.1, 0.15) is 26.2 Å². The Morgan fingerprint density at radius 3 is 2.75 bits per heavy atom. The van der Waals surface area contributed by atoms with Gasteiger partial charge in [0.05, 0.1) is 10.7 Å². The lowest BCUT2D eigenvalue weighted by Gasteiger charge is -2.18. The third kappa shape index (κ3) is 2.52. The van der Waals surface area contributed by atoms with E-state index in [4.69, 9.17) is 11.6 Å². The van der Waals surface area contributed by atoms with E-state index in [1.807, 2.05) is 0 Å². The average Bonchev–Trinajstić information content (AvgIpc) is 2.99. The molecule has 1 saturated heterocycles. The Labute approximate surface area is 123 Å². The molecule has 5 heteroatoms. The quantitative estimate of drug-likeness (QED) is 0.931. The summed E-state index contributed by atoms with van der Waals surface area (Å²) in [6.45, 7) is 2.78. The fourth-order valence-electron chi connectivity index (χ4n) is 2.63. The second-order valence-corrected chi connectivity index (χ2v) is 6.03. The molecule has 106 valence electrons. The van der Waals surface area contributed by atoms with Gasteiger partial charge in [0.15, 0.2) is 0 Å². The van der Waals surface area contributed by atoms with Gasteiger partial charge in [-0.15, -0.1) is 0 Å². The van der Waals surface area contributed by atoms with E-state index >= 15 is 0 Å². The first kappa shape index (κ1) is 13.4. The predicted molar refractivity (Wildman–Crippen MR) is 78.9 cm³/mol. The van der Waals surface area contributed by atoms with Gasteiger partial charge in [-0.25, -0.2) is 0 Å². The predicted octanol–water partition coefficient (Wildman–Crippen LogP) is 3.06. The zero-order chi connectivity index (χ0) is 14.3. The van der Waals surface area contributed by atoms with Crippen LogP contribution in [-0.2, 0) is 9.59 Å². The minimum Gasteiger partial charge on any atom is -0.326 e. The number of hydrogen-bond acceptors (Lipinski definition) is 2. The monoisotopic (exact) mass is 292 g/mol. The molecule has 1 heterocycles. The van der Waals surface area contributed by atoms with Crippen molar-refractivity contribution in [1.82, 2.24) is 0 Å². The Morgan fingerprint density at radius 2 is 2.20 bits per heavy atom. The Kier molecular flexibility index (Phi) is 3.42. The molecule has 2 atom stereocenters. The van der Waals surface area contributed by atoms with E-state index in [0.717, 1.165) is 18.5 Å². The second-order valence-electron chi connectivity index (χ2n) is 5.62. The van der Waals surface area contributed by atoms with Gasteiger partial charge in [-0.3, -0.25) is 9.59 Å². The van der Waals surface area contributed by atoms with Gasteiger partial charge < -0.3 is 10.2 Å². The summed E-state index contributed by atoms with van der Waals surface area (Å²) in [7, 11) is 0. The smallest absolute Gasteiger partial charge is 0.227 e. The summed E-state index contributed by atoms with van der Waals surface area (Å²) in [5.41, 5.74) is 1.42. The lowest BCUT2D eigenvalue weighted by molar-refractivity contribution is -0.118. The molecule has 1 N–H and O–H groups in total. The molecule has 2 aliphatic rings. The summed E-state index contributed by atoms with van der Waals surface area (Å²) < 4.78 is 0. The minimum absolute atomic E-state index is 0.0542. The van der Waals surface area contributed by atoms with Crippen molar-refractivity contribution in [3.63, 3.8) is 0 Å². The highest BCUT2D eigenvalue weighted by molar-refractivity contribution is 6.34. The lowest BCUT2D eigenvalue weighted by atomic mass is 10.2. The van der Waals surface area contributed by atoms with Crippen molar-refractivity contribution in [2.45, 2.75) is 26.2 Å². The number of carbonyl (C=O) groups excluding carboxylic acids is 2. The molecule has 1 aliphatic heterocycles. The topological polar surface area (TPSA) is 49.4 Å². The normalized spacial score (nSPS) is 24.9. The van der Waals surface area contributed by atoms with Crippen molar-refractivity contribution in [2.24, 2.45) is 11.8 Å². The van der Waals surface area contributed by atoms with Crippen LogP contribution in [0.2, 0.25) is 5.02 Å². The van der Waals surface area contributed by atoms with Crippen LogP contribution in [0.15, 0.2) is 18.2 Å². The highest BCUT2D eigenvalue weighted by Crippen LogP contribution is 2.39. The minimum atomic E-state index is 0.0542. The van der Waals surface area contributed by atoms with Crippen molar-refractivity contribution in [2.75, 3.05) is 16.8 Å². The number of rotatable bonds is 3. The van der Waals surface area contributed by atoms with E-state index in [1.54, 1.807) is 23.1 Å². The largest absolute Gasteiger partial charge is 0.326 e. The maximum atomic E-state index is 11.9. The number of anilines is 2. The molecule has 1 aromatic rings. The van der Waals surface area contributed by atoms with Gasteiger partial charge in [-0.1, -0.05) is 18.5 Å². The first-order chi connectivity index (χ1) is 9.56. The van der Waals surface area contributed by atoms with E-state index in [0.29, 0.717) is 29.6 Å². The fourth-order valence-corrected chi connectivity index (χ4v) is 2.91. The standard InChI is InChI=1S/C15H17ClN2O2/c1-9-7-11(9)15(20)17-10-4-5-13(12(16)8-10)18-6-2-3-14(18)19/h4-5,8-9,11H,2-3,6-7H2,1H3,(H,17,20). The fraction of sp³-hybridized carbons (Fsp3) is 0.467.